The van der Waals surface area contributed by atoms with Crippen LogP contribution in [0.15, 0.2) is 36.4 Å². The lowest BCUT2D eigenvalue weighted by atomic mass is 10.0. The Hall–Kier alpha value is -1.74. The molecule has 0 atom stereocenters. The predicted octanol–water partition coefficient (Wildman–Crippen LogP) is 4.16. The first kappa shape index (κ1) is 12.7. The Morgan fingerprint density at radius 1 is 1.00 bits per heavy atom. The highest BCUT2D eigenvalue weighted by Crippen LogP contribution is 2.20. The predicted molar refractivity (Wildman–Crippen MR) is 66.0 cm³/mol. The summed E-state index contributed by atoms with van der Waals surface area (Å²) in [5, 5.41) is 0.229. The molecule has 0 radical (unpaired) electrons. The van der Waals surface area contributed by atoms with E-state index < -0.39 is 17.4 Å². The molecular weight excluding hydrogens is 258 g/mol. The zero-order chi connectivity index (χ0) is 13.3. The van der Waals surface area contributed by atoms with Gasteiger partial charge in [-0.15, -0.1) is 0 Å². The summed E-state index contributed by atoms with van der Waals surface area (Å²) in [7, 11) is 0. The smallest absolute Gasteiger partial charge is 0.198 e. The molecule has 92 valence electrons. The molecule has 2 aromatic rings. The Labute approximate surface area is 108 Å². The molecule has 2 aromatic carbocycles. The Morgan fingerprint density at radius 3 is 2.22 bits per heavy atom. The van der Waals surface area contributed by atoms with E-state index in [4.69, 9.17) is 11.6 Å². The van der Waals surface area contributed by atoms with E-state index in [0.717, 1.165) is 11.6 Å². The van der Waals surface area contributed by atoms with Crippen molar-refractivity contribution in [2.75, 3.05) is 0 Å². The number of ketones is 1. The van der Waals surface area contributed by atoms with Gasteiger partial charge in [-0.3, -0.25) is 4.79 Å². The maximum Gasteiger partial charge on any atom is 0.198 e. The number of halogens is 3. The van der Waals surface area contributed by atoms with Crippen molar-refractivity contribution in [3.63, 3.8) is 0 Å². The van der Waals surface area contributed by atoms with Gasteiger partial charge in [0.2, 0.25) is 0 Å². The van der Waals surface area contributed by atoms with Gasteiger partial charge in [0.25, 0.3) is 0 Å². The molecule has 0 amide bonds. The maximum absolute atomic E-state index is 13.6. The molecular formula is C14H9ClF2O. The minimum Gasteiger partial charge on any atom is -0.288 e. The normalized spacial score (nSPS) is 10.4. The molecule has 0 aliphatic carbocycles. The molecule has 0 fully saturated rings. The van der Waals surface area contributed by atoms with Crippen LogP contribution in [0.2, 0.25) is 5.02 Å². The molecule has 0 aliphatic rings. The number of aryl methyl sites for hydroxylation is 1. The summed E-state index contributed by atoms with van der Waals surface area (Å²) >= 11 is 5.71. The number of carbonyl (C=O) groups excluding carboxylic acids is 1. The summed E-state index contributed by atoms with van der Waals surface area (Å²) in [6.07, 6.45) is 0. The van der Waals surface area contributed by atoms with Gasteiger partial charge in [-0.1, -0.05) is 23.2 Å². The molecule has 1 nitrogen and oxygen atoms in total. The van der Waals surface area contributed by atoms with Crippen molar-refractivity contribution in [1.29, 1.82) is 0 Å². The Bertz CT molecular complexity index is 570. The summed E-state index contributed by atoms with van der Waals surface area (Å²) in [4.78, 5) is 12.1. The van der Waals surface area contributed by atoms with Crippen molar-refractivity contribution in [2.24, 2.45) is 0 Å². The molecule has 0 bridgehead atoms. The molecule has 0 unspecified atom stereocenters. The highest BCUT2D eigenvalue weighted by atomic mass is 35.5. The second-order valence-corrected chi connectivity index (χ2v) is 4.37. The van der Waals surface area contributed by atoms with E-state index in [1.165, 1.54) is 24.3 Å². The van der Waals surface area contributed by atoms with Crippen LogP contribution in [0.4, 0.5) is 8.78 Å². The van der Waals surface area contributed by atoms with Gasteiger partial charge in [-0.2, -0.15) is 0 Å². The van der Waals surface area contributed by atoms with E-state index in [1.54, 1.807) is 13.0 Å². The van der Waals surface area contributed by atoms with Gasteiger partial charge in [0.15, 0.2) is 5.78 Å². The van der Waals surface area contributed by atoms with E-state index >= 15 is 0 Å². The van der Waals surface area contributed by atoms with E-state index in [9.17, 15) is 13.6 Å². The quantitative estimate of drug-likeness (QED) is 0.746. The van der Waals surface area contributed by atoms with Gasteiger partial charge in [0, 0.05) is 5.02 Å². The maximum atomic E-state index is 13.6. The van der Waals surface area contributed by atoms with Gasteiger partial charge in [-0.25, -0.2) is 8.78 Å². The second-order valence-electron chi connectivity index (χ2n) is 3.94. The summed E-state index contributed by atoms with van der Waals surface area (Å²) in [6, 6.07) is 7.73. The number of hydrogen-bond acceptors (Lipinski definition) is 1. The molecule has 0 saturated carbocycles. The average Bonchev–Trinajstić information content (AvgIpc) is 2.34. The van der Waals surface area contributed by atoms with Crippen LogP contribution in [0.25, 0.3) is 0 Å². The lowest BCUT2D eigenvalue weighted by Crippen LogP contribution is -2.07. The number of benzene rings is 2. The fraction of sp³-hybridized carbons (Fsp3) is 0.0714. The van der Waals surface area contributed by atoms with Crippen LogP contribution in [0.1, 0.15) is 21.5 Å². The lowest BCUT2D eigenvalue weighted by Gasteiger charge is -2.05. The van der Waals surface area contributed by atoms with Crippen LogP contribution in [-0.4, -0.2) is 5.78 Å². The number of hydrogen-bond donors (Lipinski definition) is 0. The SMILES string of the molecule is Cc1ccc(F)c(C(=O)c2cc(Cl)ccc2F)c1. The topological polar surface area (TPSA) is 17.1 Å². The second kappa shape index (κ2) is 4.86. The van der Waals surface area contributed by atoms with Crippen molar-refractivity contribution in [2.45, 2.75) is 6.92 Å². The third-order valence-corrected chi connectivity index (χ3v) is 2.77. The Morgan fingerprint density at radius 2 is 1.56 bits per heavy atom. The molecule has 2 rings (SSSR count). The van der Waals surface area contributed by atoms with Crippen LogP contribution < -0.4 is 0 Å². The van der Waals surface area contributed by atoms with E-state index in [2.05, 4.69) is 0 Å². The average molecular weight is 267 g/mol. The Balaban J connectivity index is 2.54. The van der Waals surface area contributed by atoms with Gasteiger partial charge < -0.3 is 0 Å². The first-order chi connectivity index (χ1) is 8.49. The first-order valence-corrected chi connectivity index (χ1v) is 5.63. The number of rotatable bonds is 2. The molecule has 18 heavy (non-hydrogen) atoms. The molecule has 0 spiro atoms. The van der Waals surface area contributed by atoms with Crippen LogP contribution in [0, 0.1) is 18.6 Å². The third-order valence-electron chi connectivity index (χ3n) is 2.54. The molecule has 0 heterocycles. The van der Waals surface area contributed by atoms with Crippen molar-refractivity contribution in [1.82, 2.24) is 0 Å². The van der Waals surface area contributed by atoms with Crippen LogP contribution in [-0.2, 0) is 0 Å². The zero-order valence-electron chi connectivity index (χ0n) is 9.51. The van der Waals surface area contributed by atoms with Gasteiger partial charge in [-0.05, 0) is 37.3 Å². The molecule has 4 heteroatoms. The first-order valence-electron chi connectivity index (χ1n) is 5.25. The summed E-state index contributed by atoms with van der Waals surface area (Å²) in [5.74, 6) is -2.11. The molecule has 0 aliphatic heterocycles. The van der Waals surface area contributed by atoms with E-state index in [-0.39, 0.29) is 16.1 Å². The van der Waals surface area contributed by atoms with Crippen molar-refractivity contribution in [3.8, 4) is 0 Å². The summed E-state index contributed by atoms with van der Waals surface area (Å²) in [5.41, 5.74) is 0.338. The monoisotopic (exact) mass is 266 g/mol. The van der Waals surface area contributed by atoms with Gasteiger partial charge in [0.1, 0.15) is 11.6 Å². The van der Waals surface area contributed by atoms with Crippen LogP contribution >= 0.6 is 11.6 Å². The van der Waals surface area contributed by atoms with E-state index in [1.807, 2.05) is 0 Å². The summed E-state index contributed by atoms with van der Waals surface area (Å²) < 4.78 is 27.1. The highest BCUT2D eigenvalue weighted by molar-refractivity contribution is 6.31. The minimum absolute atomic E-state index is 0.156. The van der Waals surface area contributed by atoms with Gasteiger partial charge >= 0.3 is 0 Å². The van der Waals surface area contributed by atoms with Gasteiger partial charge in [0.05, 0.1) is 11.1 Å². The third kappa shape index (κ3) is 2.41. The van der Waals surface area contributed by atoms with Crippen LogP contribution in [0.3, 0.4) is 0 Å². The largest absolute Gasteiger partial charge is 0.288 e. The fourth-order valence-electron chi connectivity index (χ4n) is 1.63. The molecule has 0 aromatic heterocycles. The zero-order valence-corrected chi connectivity index (χ0v) is 10.3. The molecule has 0 N–H and O–H groups in total. The fourth-order valence-corrected chi connectivity index (χ4v) is 1.80. The standard InChI is InChI=1S/C14H9ClF2O/c1-8-2-4-12(16)10(6-8)14(18)11-7-9(15)3-5-13(11)17/h2-7H,1H3. The van der Waals surface area contributed by atoms with Crippen molar-refractivity contribution < 1.29 is 13.6 Å². The van der Waals surface area contributed by atoms with Crippen molar-refractivity contribution in [3.05, 3.63) is 69.7 Å². The van der Waals surface area contributed by atoms with Crippen molar-refractivity contribution >= 4 is 17.4 Å². The van der Waals surface area contributed by atoms with Crippen LogP contribution in [0.5, 0.6) is 0 Å². The summed E-state index contributed by atoms with van der Waals surface area (Å²) in [6.45, 7) is 1.73. The number of carbonyl (C=O) groups is 1. The molecule has 0 saturated heterocycles. The van der Waals surface area contributed by atoms with E-state index in [0.29, 0.717) is 0 Å². The lowest BCUT2D eigenvalue weighted by molar-refractivity contribution is 0.103. The minimum atomic E-state index is -0.717. The highest BCUT2D eigenvalue weighted by Gasteiger charge is 2.18. The Kier molecular flexibility index (Phi) is 3.43.